The van der Waals surface area contributed by atoms with Crippen molar-refractivity contribution >= 4 is 0 Å². The summed E-state index contributed by atoms with van der Waals surface area (Å²) >= 11 is 0. The van der Waals surface area contributed by atoms with Gasteiger partial charge in [0.1, 0.15) is 12.4 Å². The fourth-order valence-corrected chi connectivity index (χ4v) is 2.75. The van der Waals surface area contributed by atoms with Crippen LogP contribution in [0.4, 0.5) is 0 Å². The number of para-hydroxylation sites is 1. The Morgan fingerprint density at radius 1 is 1.05 bits per heavy atom. The van der Waals surface area contributed by atoms with Crippen molar-refractivity contribution in [1.82, 2.24) is 4.90 Å². The highest BCUT2D eigenvalue weighted by atomic mass is 16.5. The van der Waals surface area contributed by atoms with Gasteiger partial charge in [-0.2, -0.15) is 0 Å². The number of ether oxygens (including phenoxy) is 2. The quantitative estimate of drug-likeness (QED) is 0.798. The Hall–Kier alpha value is -1.06. The predicted molar refractivity (Wildman–Crippen MR) is 87.4 cm³/mol. The Balaban J connectivity index is 2.02. The molecular weight excluding hydrogens is 262 g/mol. The van der Waals surface area contributed by atoms with E-state index in [1.165, 1.54) is 11.1 Å². The number of morpholine rings is 1. The summed E-state index contributed by atoms with van der Waals surface area (Å²) in [5.74, 6) is 2.08. The summed E-state index contributed by atoms with van der Waals surface area (Å²) in [4.78, 5) is 2.41. The van der Waals surface area contributed by atoms with Crippen molar-refractivity contribution < 1.29 is 9.47 Å². The van der Waals surface area contributed by atoms with Gasteiger partial charge < -0.3 is 9.47 Å². The Morgan fingerprint density at radius 3 is 2.14 bits per heavy atom. The van der Waals surface area contributed by atoms with E-state index in [4.69, 9.17) is 9.47 Å². The Morgan fingerprint density at radius 2 is 1.62 bits per heavy atom. The summed E-state index contributed by atoms with van der Waals surface area (Å²) in [6.45, 7) is 14.4. The largest absolute Gasteiger partial charge is 0.492 e. The van der Waals surface area contributed by atoms with E-state index < -0.39 is 0 Å². The third-order valence-corrected chi connectivity index (χ3v) is 4.08. The van der Waals surface area contributed by atoms with Gasteiger partial charge in [0.25, 0.3) is 0 Å². The zero-order chi connectivity index (χ0) is 15.2. The summed E-state index contributed by atoms with van der Waals surface area (Å²) in [5.41, 5.74) is 2.64. The van der Waals surface area contributed by atoms with Crippen LogP contribution in [0.3, 0.4) is 0 Å². The molecule has 3 nitrogen and oxygen atoms in total. The molecule has 0 spiro atoms. The van der Waals surface area contributed by atoms with Crippen LogP contribution in [0, 0.1) is 0 Å². The number of benzene rings is 1. The van der Waals surface area contributed by atoms with Gasteiger partial charge in [0.2, 0.25) is 0 Å². The van der Waals surface area contributed by atoms with Gasteiger partial charge in [-0.3, -0.25) is 4.90 Å². The van der Waals surface area contributed by atoms with Gasteiger partial charge in [0.05, 0.1) is 13.2 Å². The number of rotatable bonds is 6. The first-order chi connectivity index (χ1) is 10.1. The van der Waals surface area contributed by atoms with Crippen molar-refractivity contribution in [2.45, 2.75) is 39.5 Å². The molecule has 1 aliphatic rings. The average Bonchev–Trinajstić information content (AvgIpc) is 2.48. The molecule has 118 valence electrons. The summed E-state index contributed by atoms with van der Waals surface area (Å²) < 4.78 is 11.6. The first-order valence-corrected chi connectivity index (χ1v) is 8.15. The van der Waals surface area contributed by atoms with E-state index in [0.29, 0.717) is 11.8 Å². The minimum Gasteiger partial charge on any atom is -0.492 e. The molecule has 1 heterocycles. The van der Waals surface area contributed by atoms with Gasteiger partial charge in [-0.25, -0.2) is 0 Å². The topological polar surface area (TPSA) is 21.7 Å². The SMILES string of the molecule is CC(C)c1cccc(C(C)C)c1OCCN1CCOCC1. The summed E-state index contributed by atoms with van der Waals surface area (Å²) in [7, 11) is 0. The van der Waals surface area contributed by atoms with Gasteiger partial charge in [-0.1, -0.05) is 45.9 Å². The van der Waals surface area contributed by atoms with Crippen LogP contribution in [-0.4, -0.2) is 44.4 Å². The van der Waals surface area contributed by atoms with Gasteiger partial charge in [0.15, 0.2) is 0 Å². The highest BCUT2D eigenvalue weighted by molar-refractivity contribution is 5.44. The first kappa shape index (κ1) is 16.3. The van der Waals surface area contributed by atoms with Crippen LogP contribution in [0.15, 0.2) is 18.2 Å². The second-order valence-corrected chi connectivity index (χ2v) is 6.38. The van der Waals surface area contributed by atoms with E-state index >= 15 is 0 Å². The van der Waals surface area contributed by atoms with Crippen molar-refractivity contribution in [2.75, 3.05) is 39.5 Å². The molecule has 0 aromatic heterocycles. The second kappa shape index (κ2) is 7.81. The van der Waals surface area contributed by atoms with Crippen LogP contribution in [0.25, 0.3) is 0 Å². The van der Waals surface area contributed by atoms with Gasteiger partial charge in [-0.05, 0) is 23.0 Å². The van der Waals surface area contributed by atoms with Crippen molar-refractivity contribution in [1.29, 1.82) is 0 Å². The summed E-state index contributed by atoms with van der Waals surface area (Å²) in [5, 5.41) is 0. The van der Waals surface area contributed by atoms with E-state index in [1.807, 2.05) is 0 Å². The van der Waals surface area contributed by atoms with Gasteiger partial charge >= 0.3 is 0 Å². The van der Waals surface area contributed by atoms with Crippen molar-refractivity contribution in [2.24, 2.45) is 0 Å². The van der Waals surface area contributed by atoms with Crippen LogP contribution >= 0.6 is 0 Å². The van der Waals surface area contributed by atoms with E-state index in [-0.39, 0.29) is 0 Å². The van der Waals surface area contributed by atoms with Crippen LogP contribution in [0.1, 0.15) is 50.7 Å². The van der Waals surface area contributed by atoms with Crippen molar-refractivity contribution in [3.63, 3.8) is 0 Å². The molecule has 0 amide bonds. The third-order valence-electron chi connectivity index (χ3n) is 4.08. The molecule has 2 rings (SSSR count). The third kappa shape index (κ3) is 4.45. The molecule has 0 unspecified atom stereocenters. The van der Waals surface area contributed by atoms with Gasteiger partial charge in [-0.15, -0.1) is 0 Å². The van der Waals surface area contributed by atoms with Crippen molar-refractivity contribution in [3.05, 3.63) is 29.3 Å². The molecule has 0 radical (unpaired) electrons. The number of hydrogen-bond acceptors (Lipinski definition) is 3. The van der Waals surface area contributed by atoms with Crippen molar-refractivity contribution in [3.8, 4) is 5.75 Å². The lowest BCUT2D eigenvalue weighted by atomic mass is 9.94. The summed E-state index contributed by atoms with van der Waals surface area (Å²) in [6.07, 6.45) is 0. The monoisotopic (exact) mass is 291 g/mol. The van der Waals surface area contributed by atoms with Crippen LogP contribution in [0.2, 0.25) is 0 Å². The Labute approximate surface area is 129 Å². The van der Waals surface area contributed by atoms with E-state index in [0.717, 1.165) is 45.2 Å². The lowest BCUT2D eigenvalue weighted by molar-refractivity contribution is 0.0321. The van der Waals surface area contributed by atoms with Crippen LogP contribution in [0.5, 0.6) is 5.75 Å². The molecular formula is C18H29NO2. The molecule has 21 heavy (non-hydrogen) atoms. The van der Waals surface area contributed by atoms with Crippen LogP contribution < -0.4 is 4.74 Å². The first-order valence-electron chi connectivity index (χ1n) is 8.15. The zero-order valence-corrected chi connectivity index (χ0v) is 13.9. The van der Waals surface area contributed by atoms with Gasteiger partial charge in [0, 0.05) is 19.6 Å². The summed E-state index contributed by atoms with van der Waals surface area (Å²) in [6, 6.07) is 6.54. The predicted octanol–water partition coefficient (Wildman–Crippen LogP) is 3.64. The van der Waals surface area contributed by atoms with E-state index in [9.17, 15) is 0 Å². The molecule has 1 aliphatic heterocycles. The molecule has 1 fully saturated rings. The minimum atomic E-state index is 0.488. The maximum atomic E-state index is 6.21. The fraction of sp³-hybridized carbons (Fsp3) is 0.667. The lowest BCUT2D eigenvalue weighted by Crippen LogP contribution is -2.38. The lowest BCUT2D eigenvalue weighted by Gasteiger charge is -2.27. The maximum Gasteiger partial charge on any atom is 0.126 e. The standard InChI is InChI=1S/C18H29NO2/c1-14(2)16-6-5-7-17(15(3)4)18(16)21-13-10-19-8-11-20-12-9-19/h5-7,14-15H,8-13H2,1-4H3. The highest BCUT2D eigenvalue weighted by Crippen LogP contribution is 2.34. The molecule has 1 saturated heterocycles. The molecule has 0 aliphatic carbocycles. The van der Waals surface area contributed by atoms with Crippen LogP contribution in [-0.2, 0) is 4.74 Å². The normalized spacial score (nSPS) is 16.7. The Kier molecular flexibility index (Phi) is 6.07. The maximum absolute atomic E-state index is 6.21. The molecule has 0 N–H and O–H groups in total. The highest BCUT2D eigenvalue weighted by Gasteiger charge is 2.16. The van der Waals surface area contributed by atoms with E-state index in [2.05, 4.69) is 50.8 Å². The number of hydrogen-bond donors (Lipinski definition) is 0. The molecule has 1 aromatic rings. The molecule has 0 bridgehead atoms. The molecule has 3 heteroatoms. The number of nitrogens with zero attached hydrogens (tertiary/aromatic N) is 1. The zero-order valence-electron chi connectivity index (χ0n) is 13.9. The molecule has 1 aromatic carbocycles. The molecule has 0 atom stereocenters. The fourth-order valence-electron chi connectivity index (χ4n) is 2.75. The Bertz CT molecular complexity index is 411. The smallest absolute Gasteiger partial charge is 0.126 e. The minimum absolute atomic E-state index is 0.488. The van der Waals surface area contributed by atoms with E-state index in [1.54, 1.807) is 0 Å². The average molecular weight is 291 g/mol. The molecule has 0 saturated carbocycles. The second-order valence-electron chi connectivity index (χ2n) is 6.38.